The van der Waals surface area contributed by atoms with Crippen LogP contribution in [0.1, 0.15) is 28.1 Å². The summed E-state index contributed by atoms with van der Waals surface area (Å²) in [7, 11) is 0. The molecule has 4 nitrogen and oxygen atoms in total. The summed E-state index contributed by atoms with van der Waals surface area (Å²) in [5, 5.41) is 4.73. The van der Waals surface area contributed by atoms with Crippen molar-refractivity contribution in [3.63, 3.8) is 0 Å². The summed E-state index contributed by atoms with van der Waals surface area (Å²) < 4.78 is 0. The Labute approximate surface area is 133 Å². The molecule has 2 aromatic rings. The molecule has 1 aliphatic carbocycles. The van der Waals surface area contributed by atoms with Gasteiger partial charge in [-0.25, -0.2) is 0 Å². The Balaban J connectivity index is 1.56. The highest BCUT2D eigenvalue weighted by Gasteiger charge is 2.32. The minimum absolute atomic E-state index is 0.0137. The topological polar surface area (TPSA) is 49.4 Å². The van der Waals surface area contributed by atoms with Gasteiger partial charge < -0.3 is 10.2 Å². The van der Waals surface area contributed by atoms with Crippen molar-refractivity contribution in [1.82, 2.24) is 10.2 Å². The molecular formula is C17H18N2O2S. The number of nitrogens with zero attached hydrogens (tertiary/aromatic N) is 1. The number of nitrogens with one attached hydrogen (secondary N) is 1. The third-order valence-electron chi connectivity index (χ3n) is 3.65. The van der Waals surface area contributed by atoms with Gasteiger partial charge in [0.15, 0.2) is 0 Å². The van der Waals surface area contributed by atoms with E-state index < -0.39 is 0 Å². The molecule has 5 heteroatoms. The largest absolute Gasteiger partial charge is 0.343 e. The molecule has 1 saturated carbocycles. The molecule has 1 heterocycles. The first-order valence-corrected chi connectivity index (χ1v) is 8.27. The maximum absolute atomic E-state index is 12.4. The Morgan fingerprint density at radius 1 is 1.14 bits per heavy atom. The van der Waals surface area contributed by atoms with Crippen molar-refractivity contribution < 1.29 is 9.59 Å². The van der Waals surface area contributed by atoms with Gasteiger partial charge in [-0.3, -0.25) is 9.59 Å². The monoisotopic (exact) mass is 314 g/mol. The van der Waals surface area contributed by atoms with Crippen LogP contribution >= 0.6 is 11.3 Å². The van der Waals surface area contributed by atoms with Crippen molar-refractivity contribution in [3.05, 3.63) is 58.3 Å². The fourth-order valence-electron chi connectivity index (χ4n) is 2.33. The first kappa shape index (κ1) is 14.8. The van der Waals surface area contributed by atoms with Crippen LogP contribution < -0.4 is 5.32 Å². The minimum Gasteiger partial charge on any atom is -0.343 e. The van der Waals surface area contributed by atoms with E-state index in [1.807, 2.05) is 40.6 Å². The smallest absolute Gasteiger partial charge is 0.251 e. The van der Waals surface area contributed by atoms with Crippen molar-refractivity contribution in [3.8, 4) is 0 Å². The van der Waals surface area contributed by atoms with Crippen LogP contribution in [0.5, 0.6) is 0 Å². The fourth-order valence-corrected chi connectivity index (χ4v) is 3.03. The van der Waals surface area contributed by atoms with Crippen LogP contribution in [-0.4, -0.2) is 29.3 Å². The second kappa shape index (κ2) is 6.75. The van der Waals surface area contributed by atoms with Crippen molar-refractivity contribution >= 4 is 23.2 Å². The fraction of sp³-hybridized carbons (Fsp3) is 0.294. The number of thiophene rings is 1. The van der Waals surface area contributed by atoms with E-state index >= 15 is 0 Å². The highest BCUT2D eigenvalue weighted by molar-refractivity contribution is 7.09. The molecule has 0 aliphatic heterocycles. The zero-order valence-electron chi connectivity index (χ0n) is 12.2. The van der Waals surface area contributed by atoms with Gasteiger partial charge in [-0.2, -0.15) is 0 Å². The lowest BCUT2D eigenvalue weighted by atomic mass is 10.2. The van der Waals surface area contributed by atoms with Gasteiger partial charge in [-0.05, 0) is 36.4 Å². The maximum Gasteiger partial charge on any atom is 0.251 e. The molecule has 1 fully saturated rings. The number of carbonyl (C=O) groups excluding carboxylic acids is 2. The van der Waals surface area contributed by atoms with Crippen LogP contribution in [0.15, 0.2) is 47.8 Å². The molecular weight excluding hydrogens is 296 g/mol. The van der Waals surface area contributed by atoms with Crippen molar-refractivity contribution in [2.24, 2.45) is 0 Å². The molecule has 2 amide bonds. The molecule has 22 heavy (non-hydrogen) atoms. The molecule has 1 aliphatic rings. The van der Waals surface area contributed by atoms with Gasteiger partial charge >= 0.3 is 0 Å². The van der Waals surface area contributed by atoms with E-state index in [1.165, 1.54) is 4.88 Å². The van der Waals surface area contributed by atoms with E-state index in [0.717, 1.165) is 12.8 Å². The van der Waals surface area contributed by atoms with Crippen LogP contribution in [0.4, 0.5) is 0 Å². The van der Waals surface area contributed by atoms with E-state index in [4.69, 9.17) is 0 Å². The molecule has 0 saturated heterocycles. The number of hydrogen-bond donors (Lipinski definition) is 1. The van der Waals surface area contributed by atoms with Crippen molar-refractivity contribution in [2.45, 2.75) is 25.4 Å². The summed E-state index contributed by atoms with van der Waals surface area (Å²) >= 11 is 1.65. The molecule has 1 aromatic heterocycles. The predicted molar refractivity (Wildman–Crippen MR) is 86.7 cm³/mol. The summed E-state index contributed by atoms with van der Waals surface area (Å²) in [5.41, 5.74) is 0.575. The van der Waals surface area contributed by atoms with Crippen molar-refractivity contribution in [2.75, 3.05) is 6.54 Å². The summed E-state index contributed by atoms with van der Waals surface area (Å²) in [5.74, 6) is -0.221. The number of hydrogen-bond acceptors (Lipinski definition) is 3. The molecule has 0 bridgehead atoms. The SMILES string of the molecule is O=C(NCC(=O)N(Cc1cccs1)C1CC1)c1ccccc1. The Morgan fingerprint density at radius 2 is 1.91 bits per heavy atom. The van der Waals surface area contributed by atoms with Gasteiger partial charge in [-0.15, -0.1) is 11.3 Å². The second-order valence-corrected chi connectivity index (χ2v) is 6.41. The molecule has 0 spiro atoms. The zero-order valence-corrected chi connectivity index (χ0v) is 13.0. The lowest BCUT2D eigenvalue weighted by molar-refractivity contribution is -0.131. The molecule has 0 unspecified atom stereocenters. The van der Waals surface area contributed by atoms with Gasteiger partial charge in [0.2, 0.25) is 5.91 Å². The van der Waals surface area contributed by atoms with Crippen LogP contribution in [0.3, 0.4) is 0 Å². The zero-order chi connectivity index (χ0) is 15.4. The van der Waals surface area contributed by atoms with E-state index in [1.54, 1.807) is 23.5 Å². The number of rotatable bonds is 6. The standard InChI is InChI=1S/C17H18N2O2S/c20-16(11-18-17(21)13-5-2-1-3-6-13)19(14-8-9-14)12-15-7-4-10-22-15/h1-7,10,14H,8-9,11-12H2,(H,18,21). The summed E-state index contributed by atoms with van der Waals surface area (Å²) in [6.45, 7) is 0.692. The lowest BCUT2D eigenvalue weighted by Gasteiger charge is -2.22. The Hall–Kier alpha value is -2.14. The van der Waals surface area contributed by atoms with Gasteiger partial charge in [-0.1, -0.05) is 24.3 Å². The quantitative estimate of drug-likeness (QED) is 0.891. The first-order valence-electron chi connectivity index (χ1n) is 7.39. The van der Waals surface area contributed by atoms with E-state index in [-0.39, 0.29) is 18.4 Å². The maximum atomic E-state index is 12.4. The second-order valence-electron chi connectivity index (χ2n) is 5.38. The van der Waals surface area contributed by atoms with E-state index in [0.29, 0.717) is 18.2 Å². The van der Waals surface area contributed by atoms with Crippen LogP contribution in [0.25, 0.3) is 0 Å². The van der Waals surface area contributed by atoms with E-state index in [2.05, 4.69) is 5.32 Å². The van der Waals surface area contributed by atoms with Crippen LogP contribution in [0.2, 0.25) is 0 Å². The summed E-state index contributed by atoms with van der Waals surface area (Å²) in [6, 6.07) is 13.3. The normalized spacial score (nSPS) is 13.6. The number of amides is 2. The molecule has 1 aromatic carbocycles. The van der Waals surface area contributed by atoms with E-state index in [9.17, 15) is 9.59 Å². The van der Waals surface area contributed by atoms with Gasteiger partial charge in [0.1, 0.15) is 0 Å². The lowest BCUT2D eigenvalue weighted by Crippen LogP contribution is -2.40. The van der Waals surface area contributed by atoms with Crippen LogP contribution in [0, 0.1) is 0 Å². The molecule has 3 rings (SSSR count). The molecule has 0 radical (unpaired) electrons. The average Bonchev–Trinajstić information content (AvgIpc) is 3.27. The third-order valence-corrected chi connectivity index (χ3v) is 4.51. The molecule has 1 N–H and O–H groups in total. The Kier molecular flexibility index (Phi) is 4.53. The predicted octanol–water partition coefficient (Wildman–Crippen LogP) is 2.67. The first-order chi connectivity index (χ1) is 10.7. The molecule has 114 valence electrons. The Morgan fingerprint density at radius 3 is 2.55 bits per heavy atom. The van der Waals surface area contributed by atoms with Gasteiger partial charge in [0.25, 0.3) is 5.91 Å². The minimum atomic E-state index is -0.208. The van der Waals surface area contributed by atoms with Crippen molar-refractivity contribution in [1.29, 1.82) is 0 Å². The van der Waals surface area contributed by atoms with Gasteiger partial charge in [0.05, 0.1) is 13.1 Å². The van der Waals surface area contributed by atoms with Crippen LogP contribution in [-0.2, 0) is 11.3 Å². The number of carbonyl (C=O) groups is 2. The third kappa shape index (κ3) is 3.74. The number of benzene rings is 1. The van der Waals surface area contributed by atoms with Gasteiger partial charge in [0, 0.05) is 16.5 Å². The highest BCUT2D eigenvalue weighted by Crippen LogP contribution is 2.29. The summed E-state index contributed by atoms with van der Waals surface area (Å²) in [4.78, 5) is 27.5. The Bertz CT molecular complexity index is 636. The highest BCUT2D eigenvalue weighted by atomic mass is 32.1. The summed E-state index contributed by atoms with van der Waals surface area (Å²) in [6.07, 6.45) is 2.12. The average molecular weight is 314 g/mol. The molecule has 0 atom stereocenters.